The van der Waals surface area contributed by atoms with Crippen LogP contribution in [0.5, 0.6) is 0 Å². The number of hydrogen-bond acceptors (Lipinski definition) is 3. The smallest absolute Gasteiger partial charge is 0.227 e. The number of rotatable bonds is 1. The van der Waals surface area contributed by atoms with Crippen LogP contribution in [0.1, 0.15) is 0 Å². The Bertz CT molecular complexity index is 739. The third kappa shape index (κ3) is 1.86. The van der Waals surface area contributed by atoms with E-state index in [1.54, 1.807) is 6.07 Å². The molecule has 0 atom stereocenters. The van der Waals surface area contributed by atoms with Crippen LogP contribution in [0.15, 0.2) is 45.3 Å². The summed E-state index contributed by atoms with van der Waals surface area (Å²) in [4.78, 5) is 4.34. The molecule has 90 valence electrons. The van der Waals surface area contributed by atoms with Gasteiger partial charge in [-0.1, -0.05) is 15.9 Å². The molecule has 0 bridgehead atoms. The molecule has 0 spiro atoms. The normalized spacial score (nSPS) is 11.0. The number of aromatic nitrogens is 1. The largest absolute Gasteiger partial charge is 0.436 e. The molecule has 3 rings (SSSR count). The lowest BCUT2D eigenvalue weighted by molar-refractivity contribution is 0.617. The van der Waals surface area contributed by atoms with E-state index in [0.717, 1.165) is 9.99 Å². The monoisotopic (exact) mass is 306 g/mol. The Morgan fingerprint density at radius 1 is 1.17 bits per heavy atom. The van der Waals surface area contributed by atoms with E-state index < -0.39 is 5.82 Å². The summed E-state index contributed by atoms with van der Waals surface area (Å²) in [5.74, 6) is -0.0209. The molecule has 0 saturated carbocycles. The summed E-state index contributed by atoms with van der Waals surface area (Å²) >= 11 is 3.37. The molecular formula is C13H8BrFN2O. The highest BCUT2D eigenvalue weighted by molar-refractivity contribution is 9.10. The number of benzene rings is 2. The molecule has 2 aromatic carbocycles. The van der Waals surface area contributed by atoms with Crippen LogP contribution >= 0.6 is 15.9 Å². The van der Waals surface area contributed by atoms with Crippen LogP contribution in [0.25, 0.3) is 22.6 Å². The van der Waals surface area contributed by atoms with Crippen LogP contribution in [-0.2, 0) is 0 Å². The second-order valence-electron chi connectivity index (χ2n) is 3.87. The number of nitrogens with zero attached hydrogens (tertiary/aromatic N) is 1. The zero-order chi connectivity index (χ0) is 12.7. The fraction of sp³-hybridized carbons (Fsp3) is 0. The van der Waals surface area contributed by atoms with Gasteiger partial charge in [0.2, 0.25) is 5.89 Å². The third-order valence-corrected chi connectivity index (χ3v) is 3.09. The highest BCUT2D eigenvalue weighted by atomic mass is 79.9. The molecule has 18 heavy (non-hydrogen) atoms. The first-order valence-electron chi connectivity index (χ1n) is 5.25. The molecule has 1 heterocycles. The van der Waals surface area contributed by atoms with Crippen molar-refractivity contribution in [1.29, 1.82) is 0 Å². The number of anilines is 1. The zero-order valence-electron chi connectivity index (χ0n) is 9.15. The minimum atomic E-state index is -0.447. The molecule has 0 fully saturated rings. The molecule has 5 heteroatoms. The molecule has 0 aliphatic rings. The van der Waals surface area contributed by atoms with Crippen molar-refractivity contribution in [3.05, 3.63) is 46.7 Å². The van der Waals surface area contributed by atoms with Crippen molar-refractivity contribution in [2.75, 3.05) is 5.73 Å². The lowest BCUT2D eigenvalue weighted by Gasteiger charge is -1.98. The van der Waals surface area contributed by atoms with Crippen molar-refractivity contribution in [3.63, 3.8) is 0 Å². The van der Waals surface area contributed by atoms with Gasteiger partial charge in [0.1, 0.15) is 11.3 Å². The van der Waals surface area contributed by atoms with E-state index in [1.165, 1.54) is 12.1 Å². The van der Waals surface area contributed by atoms with Crippen LogP contribution in [0.2, 0.25) is 0 Å². The van der Waals surface area contributed by atoms with Crippen LogP contribution in [0, 0.1) is 5.82 Å². The van der Waals surface area contributed by atoms with Crippen LogP contribution in [-0.4, -0.2) is 4.98 Å². The third-order valence-electron chi connectivity index (χ3n) is 2.59. The van der Waals surface area contributed by atoms with Gasteiger partial charge in [-0.2, -0.15) is 0 Å². The number of fused-ring (bicyclic) bond motifs is 1. The molecule has 0 radical (unpaired) electrons. The molecular weight excluding hydrogens is 299 g/mol. The first kappa shape index (κ1) is 11.2. The average molecular weight is 307 g/mol. The Kier molecular flexibility index (Phi) is 2.56. The van der Waals surface area contributed by atoms with Crippen LogP contribution in [0.4, 0.5) is 10.1 Å². The standard InChI is InChI=1S/C13H8BrFN2O/c14-8-2-4-12-11(6-8)17-13(18-12)7-1-3-9(15)10(16)5-7/h1-6H,16H2. The van der Waals surface area contributed by atoms with E-state index in [2.05, 4.69) is 20.9 Å². The fourth-order valence-corrected chi connectivity index (χ4v) is 2.05. The summed E-state index contributed by atoms with van der Waals surface area (Å²) in [6, 6.07) is 9.95. The van der Waals surface area contributed by atoms with Gasteiger partial charge < -0.3 is 10.2 Å². The minimum absolute atomic E-state index is 0.0796. The van der Waals surface area contributed by atoms with Crippen molar-refractivity contribution in [2.24, 2.45) is 0 Å². The summed E-state index contributed by atoms with van der Waals surface area (Å²) in [6.45, 7) is 0. The van der Waals surface area contributed by atoms with Crippen molar-refractivity contribution < 1.29 is 8.81 Å². The first-order chi connectivity index (χ1) is 8.63. The molecule has 3 aromatic rings. The average Bonchev–Trinajstić information content (AvgIpc) is 2.75. The summed E-state index contributed by atoms with van der Waals surface area (Å²) in [5, 5.41) is 0. The predicted molar refractivity (Wildman–Crippen MR) is 71.5 cm³/mol. The van der Waals surface area contributed by atoms with Crippen molar-refractivity contribution in [3.8, 4) is 11.5 Å². The van der Waals surface area contributed by atoms with Gasteiger partial charge in [-0.05, 0) is 36.4 Å². The van der Waals surface area contributed by atoms with Crippen molar-refractivity contribution in [2.45, 2.75) is 0 Å². The van der Waals surface area contributed by atoms with E-state index in [1.807, 2.05) is 18.2 Å². The van der Waals surface area contributed by atoms with E-state index in [9.17, 15) is 4.39 Å². The highest BCUT2D eigenvalue weighted by Crippen LogP contribution is 2.27. The Labute approximate surface area is 111 Å². The SMILES string of the molecule is Nc1cc(-c2nc3cc(Br)ccc3o2)ccc1F. The molecule has 0 aliphatic carbocycles. The Balaban J connectivity index is 2.16. The van der Waals surface area contributed by atoms with Gasteiger partial charge in [-0.15, -0.1) is 0 Å². The molecule has 2 N–H and O–H groups in total. The Hall–Kier alpha value is -1.88. The van der Waals surface area contributed by atoms with Gasteiger partial charge in [-0.25, -0.2) is 9.37 Å². The molecule has 3 nitrogen and oxygen atoms in total. The molecule has 0 saturated heterocycles. The zero-order valence-corrected chi connectivity index (χ0v) is 10.7. The van der Waals surface area contributed by atoms with Gasteiger partial charge in [-0.3, -0.25) is 0 Å². The lowest BCUT2D eigenvalue weighted by Crippen LogP contribution is -1.90. The second kappa shape index (κ2) is 4.10. The molecule has 1 aromatic heterocycles. The number of halogens is 2. The maximum atomic E-state index is 13.1. The van der Waals surface area contributed by atoms with Crippen LogP contribution in [0.3, 0.4) is 0 Å². The fourth-order valence-electron chi connectivity index (χ4n) is 1.70. The number of oxazole rings is 1. The van der Waals surface area contributed by atoms with Crippen molar-refractivity contribution >= 4 is 32.7 Å². The molecule has 0 amide bonds. The van der Waals surface area contributed by atoms with Gasteiger partial charge in [0, 0.05) is 10.0 Å². The molecule has 0 aliphatic heterocycles. The van der Waals surface area contributed by atoms with E-state index >= 15 is 0 Å². The number of hydrogen-bond donors (Lipinski definition) is 1. The molecule has 0 unspecified atom stereocenters. The number of nitrogens with two attached hydrogens (primary N) is 1. The van der Waals surface area contributed by atoms with Gasteiger partial charge in [0.05, 0.1) is 5.69 Å². The number of nitrogen functional groups attached to an aromatic ring is 1. The van der Waals surface area contributed by atoms with E-state index in [-0.39, 0.29) is 5.69 Å². The highest BCUT2D eigenvalue weighted by Gasteiger charge is 2.10. The quantitative estimate of drug-likeness (QED) is 0.692. The first-order valence-corrected chi connectivity index (χ1v) is 6.04. The lowest BCUT2D eigenvalue weighted by atomic mass is 10.2. The van der Waals surface area contributed by atoms with Gasteiger partial charge in [0.25, 0.3) is 0 Å². The Morgan fingerprint density at radius 3 is 2.78 bits per heavy atom. The predicted octanol–water partition coefficient (Wildman–Crippen LogP) is 3.98. The summed E-state index contributed by atoms with van der Waals surface area (Å²) in [7, 11) is 0. The summed E-state index contributed by atoms with van der Waals surface area (Å²) in [6.07, 6.45) is 0. The minimum Gasteiger partial charge on any atom is -0.436 e. The maximum Gasteiger partial charge on any atom is 0.227 e. The van der Waals surface area contributed by atoms with Gasteiger partial charge >= 0.3 is 0 Å². The summed E-state index contributed by atoms with van der Waals surface area (Å²) in [5.41, 5.74) is 7.67. The van der Waals surface area contributed by atoms with E-state index in [0.29, 0.717) is 17.0 Å². The second-order valence-corrected chi connectivity index (χ2v) is 4.78. The Morgan fingerprint density at radius 2 is 2.00 bits per heavy atom. The topological polar surface area (TPSA) is 52.0 Å². The summed E-state index contributed by atoms with van der Waals surface area (Å²) < 4.78 is 19.6. The van der Waals surface area contributed by atoms with E-state index in [4.69, 9.17) is 10.2 Å². The maximum absolute atomic E-state index is 13.1. The van der Waals surface area contributed by atoms with Crippen LogP contribution < -0.4 is 5.73 Å². The van der Waals surface area contributed by atoms with Gasteiger partial charge in [0.15, 0.2) is 5.58 Å². The van der Waals surface area contributed by atoms with Crippen molar-refractivity contribution in [1.82, 2.24) is 4.98 Å².